The first-order valence-electron chi connectivity index (χ1n) is 10.6. The monoisotopic (exact) mass is 436 g/mol. The normalized spacial score (nSPS) is 15.7. The predicted octanol–water partition coefficient (Wildman–Crippen LogP) is 3.99. The van der Waals surface area contributed by atoms with Crippen molar-refractivity contribution >= 4 is 16.7 Å². The summed E-state index contributed by atoms with van der Waals surface area (Å²) < 4.78 is 18.2. The molecular weight excluding hydrogens is 408 g/mol. The molecule has 1 aliphatic heterocycles. The van der Waals surface area contributed by atoms with Crippen molar-refractivity contribution in [2.75, 3.05) is 26.2 Å². The standard InChI is InChI=1S/C25H28N2O3S/c1-20-7-9-22(10-8-20)18-31(29)19-23-11-12-24(30-23)25(28)27-15-13-26(14-16-27)17-21-5-3-2-4-6-21/h2-12H,13-19H2,1H3. The van der Waals surface area contributed by atoms with Crippen LogP contribution in [0.25, 0.3) is 0 Å². The highest BCUT2D eigenvalue weighted by molar-refractivity contribution is 7.83. The van der Waals surface area contributed by atoms with Crippen LogP contribution in [0.3, 0.4) is 0 Å². The summed E-state index contributed by atoms with van der Waals surface area (Å²) in [6.45, 7) is 5.98. The van der Waals surface area contributed by atoms with E-state index in [2.05, 4.69) is 29.2 Å². The van der Waals surface area contributed by atoms with E-state index in [4.69, 9.17) is 4.42 Å². The van der Waals surface area contributed by atoms with Gasteiger partial charge < -0.3 is 9.32 Å². The van der Waals surface area contributed by atoms with E-state index in [0.717, 1.165) is 25.2 Å². The van der Waals surface area contributed by atoms with Crippen LogP contribution in [0.15, 0.2) is 71.1 Å². The van der Waals surface area contributed by atoms with Gasteiger partial charge in [-0.3, -0.25) is 13.9 Å². The maximum Gasteiger partial charge on any atom is 0.289 e. The lowest BCUT2D eigenvalue weighted by atomic mass is 10.2. The molecule has 0 aliphatic carbocycles. The summed E-state index contributed by atoms with van der Waals surface area (Å²) >= 11 is 0. The van der Waals surface area contributed by atoms with Crippen LogP contribution >= 0.6 is 0 Å². The van der Waals surface area contributed by atoms with Gasteiger partial charge in [-0.1, -0.05) is 60.2 Å². The van der Waals surface area contributed by atoms with Crippen LogP contribution < -0.4 is 0 Å². The Morgan fingerprint density at radius 1 is 0.871 bits per heavy atom. The predicted molar refractivity (Wildman–Crippen MR) is 123 cm³/mol. The van der Waals surface area contributed by atoms with Crippen LogP contribution in [0, 0.1) is 6.92 Å². The summed E-state index contributed by atoms with van der Waals surface area (Å²) in [5.41, 5.74) is 3.52. The highest BCUT2D eigenvalue weighted by Gasteiger charge is 2.24. The number of furan rings is 1. The minimum Gasteiger partial charge on any atom is -0.455 e. The van der Waals surface area contributed by atoms with Gasteiger partial charge in [0.2, 0.25) is 0 Å². The van der Waals surface area contributed by atoms with E-state index >= 15 is 0 Å². The fraction of sp³-hybridized carbons (Fsp3) is 0.320. The van der Waals surface area contributed by atoms with Crippen LogP contribution in [-0.4, -0.2) is 46.1 Å². The number of nitrogens with zero attached hydrogens (tertiary/aromatic N) is 2. The van der Waals surface area contributed by atoms with Crippen LogP contribution in [-0.2, 0) is 28.9 Å². The van der Waals surface area contributed by atoms with Gasteiger partial charge in [-0.15, -0.1) is 0 Å². The van der Waals surface area contributed by atoms with Crippen molar-refractivity contribution in [3.05, 3.63) is 94.9 Å². The smallest absolute Gasteiger partial charge is 0.289 e. The molecular formula is C25H28N2O3S. The number of amides is 1. The Hall–Kier alpha value is -2.70. The molecule has 1 atom stereocenters. The van der Waals surface area contributed by atoms with E-state index in [0.29, 0.717) is 36.1 Å². The maximum atomic E-state index is 12.8. The molecule has 2 aromatic carbocycles. The minimum absolute atomic E-state index is 0.0880. The molecule has 0 spiro atoms. The van der Waals surface area contributed by atoms with Crippen molar-refractivity contribution in [1.82, 2.24) is 9.80 Å². The van der Waals surface area contributed by atoms with Crippen LogP contribution in [0.4, 0.5) is 0 Å². The van der Waals surface area contributed by atoms with E-state index in [1.165, 1.54) is 11.1 Å². The second kappa shape index (κ2) is 10.1. The number of benzene rings is 2. The van der Waals surface area contributed by atoms with Gasteiger partial charge >= 0.3 is 0 Å². The van der Waals surface area contributed by atoms with Crippen LogP contribution in [0.1, 0.15) is 33.0 Å². The number of hydrogen-bond donors (Lipinski definition) is 0. The van der Waals surface area contributed by atoms with Crippen LogP contribution in [0.5, 0.6) is 0 Å². The minimum atomic E-state index is -1.08. The van der Waals surface area contributed by atoms with E-state index < -0.39 is 10.8 Å². The summed E-state index contributed by atoms with van der Waals surface area (Å²) in [6, 6.07) is 21.9. The zero-order chi connectivity index (χ0) is 21.6. The summed E-state index contributed by atoms with van der Waals surface area (Å²) in [7, 11) is -1.08. The lowest BCUT2D eigenvalue weighted by Crippen LogP contribution is -2.48. The summed E-state index contributed by atoms with van der Waals surface area (Å²) in [4.78, 5) is 17.0. The number of aryl methyl sites for hydroxylation is 1. The van der Waals surface area contributed by atoms with Crippen molar-refractivity contribution in [2.24, 2.45) is 0 Å². The maximum absolute atomic E-state index is 12.8. The van der Waals surface area contributed by atoms with Crippen molar-refractivity contribution < 1.29 is 13.4 Å². The highest BCUT2D eigenvalue weighted by atomic mass is 32.2. The van der Waals surface area contributed by atoms with Gasteiger partial charge in [-0.2, -0.15) is 0 Å². The summed E-state index contributed by atoms with van der Waals surface area (Å²) in [5.74, 6) is 1.63. The van der Waals surface area contributed by atoms with Gasteiger partial charge in [0.05, 0.1) is 5.75 Å². The first kappa shape index (κ1) is 21.5. The molecule has 6 heteroatoms. The number of carbonyl (C=O) groups is 1. The molecule has 162 valence electrons. The topological polar surface area (TPSA) is 53.8 Å². The van der Waals surface area contributed by atoms with Crippen molar-refractivity contribution in [2.45, 2.75) is 25.0 Å². The molecule has 1 aromatic heterocycles. The molecule has 1 aliphatic rings. The molecule has 1 saturated heterocycles. The number of rotatable bonds is 7. The van der Waals surface area contributed by atoms with Gasteiger partial charge in [0.15, 0.2) is 5.76 Å². The van der Waals surface area contributed by atoms with Crippen molar-refractivity contribution in [3.8, 4) is 0 Å². The Morgan fingerprint density at radius 2 is 1.58 bits per heavy atom. The van der Waals surface area contributed by atoms with E-state index in [1.54, 1.807) is 12.1 Å². The molecule has 1 fully saturated rings. The molecule has 0 N–H and O–H groups in total. The Kier molecular flexibility index (Phi) is 6.99. The van der Waals surface area contributed by atoms with Crippen molar-refractivity contribution in [1.29, 1.82) is 0 Å². The SMILES string of the molecule is Cc1ccc(CS(=O)Cc2ccc(C(=O)N3CCN(Cc4ccccc4)CC3)o2)cc1. The fourth-order valence-corrected chi connectivity index (χ4v) is 4.90. The Balaban J connectivity index is 1.27. The molecule has 3 aromatic rings. The van der Waals surface area contributed by atoms with Gasteiger partial charge in [-0.25, -0.2) is 0 Å². The van der Waals surface area contributed by atoms with Gasteiger partial charge in [-0.05, 0) is 30.2 Å². The van der Waals surface area contributed by atoms with Gasteiger partial charge in [0.25, 0.3) is 5.91 Å². The number of piperazine rings is 1. The van der Waals surface area contributed by atoms with E-state index in [-0.39, 0.29) is 5.91 Å². The lowest BCUT2D eigenvalue weighted by molar-refractivity contribution is 0.0596. The summed E-state index contributed by atoms with van der Waals surface area (Å²) in [5, 5.41) is 0. The third kappa shape index (κ3) is 5.93. The third-order valence-electron chi connectivity index (χ3n) is 5.53. The highest BCUT2D eigenvalue weighted by Crippen LogP contribution is 2.16. The molecule has 0 radical (unpaired) electrons. The number of hydrogen-bond acceptors (Lipinski definition) is 4. The molecule has 31 heavy (non-hydrogen) atoms. The molecule has 1 amide bonds. The average Bonchev–Trinajstić information content (AvgIpc) is 3.24. The van der Waals surface area contributed by atoms with Crippen molar-refractivity contribution in [3.63, 3.8) is 0 Å². The Bertz CT molecular complexity index is 1020. The molecule has 5 nitrogen and oxygen atoms in total. The fourth-order valence-electron chi connectivity index (χ4n) is 3.76. The zero-order valence-electron chi connectivity index (χ0n) is 17.8. The van der Waals surface area contributed by atoms with E-state index in [1.807, 2.05) is 42.2 Å². The molecule has 1 unspecified atom stereocenters. The lowest BCUT2D eigenvalue weighted by Gasteiger charge is -2.34. The van der Waals surface area contributed by atoms with Gasteiger partial charge in [0.1, 0.15) is 5.76 Å². The largest absolute Gasteiger partial charge is 0.455 e. The second-order valence-corrected chi connectivity index (χ2v) is 9.49. The number of carbonyl (C=O) groups excluding carboxylic acids is 1. The Labute approximate surface area is 186 Å². The van der Waals surface area contributed by atoms with E-state index in [9.17, 15) is 9.00 Å². The molecule has 0 bridgehead atoms. The molecule has 4 rings (SSSR count). The zero-order valence-corrected chi connectivity index (χ0v) is 18.6. The quantitative estimate of drug-likeness (QED) is 0.562. The summed E-state index contributed by atoms with van der Waals surface area (Å²) in [6.07, 6.45) is 0. The molecule has 0 saturated carbocycles. The van der Waals surface area contributed by atoms with Gasteiger partial charge in [0, 0.05) is 49.3 Å². The third-order valence-corrected chi connectivity index (χ3v) is 6.79. The first-order chi connectivity index (χ1) is 15.1. The molecule has 2 heterocycles. The second-order valence-electron chi connectivity index (χ2n) is 8.03. The average molecular weight is 437 g/mol. The Morgan fingerprint density at radius 3 is 2.29 bits per heavy atom. The van der Waals surface area contributed by atoms with Crippen LogP contribution in [0.2, 0.25) is 0 Å². The first-order valence-corrected chi connectivity index (χ1v) is 12.1.